The minimum atomic E-state index is 0.548. The van der Waals surface area contributed by atoms with Crippen LogP contribution in [0.2, 0.25) is 0 Å². The fourth-order valence-corrected chi connectivity index (χ4v) is 1.37. The van der Waals surface area contributed by atoms with Gasteiger partial charge in [-0.3, -0.25) is 0 Å². The third-order valence-electron chi connectivity index (χ3n) is 2.32. The average Bonchev–Trinajstić information content (AvgIpc) is 2.25. The molecule has 2 heteroatoms. The van der Waals surface area contributed by atoms with E-state index in [2.05, 4.69) is 55.7 Å². The Bertz CT molecular complexity index is 264. The van der Waals surface area contributed by atoms with E-state index < -0.39 is 0 Å². The van der Waals surface area contributed by atoms with Crippen LogP contribution >= 0.6 is 0 Å². The zero-order valence-corrected chi connectivity index (χ0v) is 10.0. The second-order valence-electron chi connectivity index (χ2n) is 4.13. The third kappa shape index (κ3) is 4.96. The molecule has 0 saturated carbocycles. The Kier molecular flexibility index (Phi) is 5.37. The zero-order chi connectivity index (χ0) is 11.1. The fourth-order valence-electron chi connectivity index (χ4n) is 1.37. The first-order valence-corrected chi connectivity index (χ1v) is 5.74. The van der Waals surface area contributed by atoms with Crippen molar-refractivity contribution < 1.29 is 0 Å². The maximum absolute atomic E-state index is 3.41. The molecule has 1 aromatic carbocycles. The molecule has 0 aliphatic heterocycles. The molecule has 0 radical (unpaired) electrons. The van der Waals surface area contributed by atoms with Crippen LogP contribution in [0.15, 0.2) is 24.3 Å². The van der Waals surface area contributed by atoms with Gasteiger partial charge in [0.15, 0.2) is 0 Å². The summed E-state index contributed by atoms with van der Waals surface area (Å²) in [6.07, 6.45) is 0. The number of rotatable bonds is 6. The number of benzene rings is 1. The van der Waals surface area contributed by atoms with Crippen molar-refractivity contribution in [3.8, 4) is 0 Å². The van der Waals surface area contributed by atoms with Gasteiger partial charge in [0.2, 0.25) is 0 Å². The third-order valence-corrected chi connectivity index (χ3v) is 2.32. The van der Waals surface area contributed by atoms with Gasteiger partial charge in [0.05, 0.1) is 0 Å². The summed E-state index contributed by atoms with van der Waals surface area (Å²) in [5.74, 6) is 0. The number of hydrogen-bond donors (Lipinski definition) is 2. The molecule has 2 N–H and O–H groups in total. The van der Waals surface area contributed by atoms with Gasteiger partial charge >= 0.3 is 0 Å². The van der Waals surface area contributed by atoms with Crippen molar-refractivity contribution in [3.05, 3.63) is 35.4 Å². The molecule has 1 rings (SSSR count). The van der Waals surface area contributed by atoms with Gasteiger partial charge in [0, 0.05) is 19.1 Å². The molecule has 0 aromatic heterocycles. The van der Waals surface area contributed by atoms with Gasteiger partial charge in [0.1, 0.15) is 0 Å². The van der Waals surface area contributed by atoms with Crippen LogP contribution in [0.3, 0.4) is 0 Å². The van der Waals surface area contributed by atoms with Gasteiger partial charge in [0.25, 0.3) is 0 Å². The van der Waals surface area contributed by atoms with E-state index in [1.165, 1.54) is 11.1 Å². The topological polar surface area (TPSA) is 24.1 Å². The van der Waals surface area contributed by atoms with Gasteiger partial charge < -0.3 is 10.6 Å². The highest BCUT2D eigenvalue weighted by molar-refractivity contribution is 5.22. The summed E-state index contributed by atoms with van der Waals surface area (Å²) >= 11 is 0. The summed E-state index contributed by atoms with van der Waals surface area (Å²) in [6.45, 7) is 9.41. The molecule has 0 fully saturated rings. The highest BCUT2D eigenvalue weighted by Crippen LogP contribution is 2.04. The van der Waals surface area contributed by atoms with Gasteiger partial charge in [-0.2, -0.15) is 0 Å². The second kappa shape index (κ2) is 6.59. The van der Waals surface area contributed by atoms with Crippen molar-refractivity contribution in [1.82, 2.24) is 10.6 Å². The normalized spacial score (nSPS) is 10.9. The van der Waals surface area contributed by atoms with Crippen LogP contribution < -0.4 is 10.6 Å². The molecule has 0 unspecified atom stereocenters. The van der Waals surface area contributed by atoms with Crippen LogP contribution in [0, 0.1) is 0 Å². The Morgan fingerprint density at radius 2 is 1.53 bits per heavy atom. The summed E-state index contributed by atoms with van der Waals surface area (Å²) in [6, 6.07) is 9.33. The Hall–Kier alpha value is -0.860. The monoisotopic (exact) mass is 206 g/mol. The summed E-state index contributed by atoms with van der Waals surface area (Å²) in [5.41, 5.74) is 2.70. The second-order valence-corrected chi connectivity index (χ2v) is 4.13. The summed E-state index contributed by atoms with van der Waals surface area (Å²) < 4.78 is 0. The zero-order valence-electron chi connectivity index (χ0n) is 10.0. The largest absolute Gasteiger partial charge is 0.313 e. The van der Waals surface area contributed by atoms with Crippen molar-refractivity contribution in [2.75, 3.05) is 6.54 Å². The molecule has 0 aliphatic carbocycles. The highest BCUT2D eigenvalue weighted by atomic mass is 14.9. The average molecular weight is 206 g/mol. The van der Waals surface area contributed by atoms with Crippen molar-refractivity contribution in [1.29, 1.82) is 0 Å². The van der Waals surface area contributed by atoms with Crippen molar-refractivity contribution >= 4 is 0 Å². The predicted octanol–water partition coefficient (Wildman–Crippen LogP) is 2.29. The SMILES string of the molecule is CCNCc1ccc(CNC(C)C)cc1. The molecular weight excluding hydrogens is 184 g/mol. The first-order valence-electron chi connectivity index (χ1n) is 5.74. The van der Waals surface area contributed by atoms with Gasteiger partial charge in [-0.05, 0) is 17.7 Å². The maximum atomic E-state index is 3.41. The number of nitrogens with one attached hydrogen (secondary N) is 2. The van der Waals surface area contributed by atoms with Crippen molar-refractivity contribution in [2.45, 2.75) is 39.9 Å². The smallest absolute Gasteiger partial charge is 0.0207 e. The van der Waals surface area contributed by atoms with Crippen molar-refractivity contribution in [3.63, 3.8) is 0 Å². The first kappa shape index (κ1) is 12.2. The maximum Gasteiger partial charge on any atom is 0.0207 e. The molecule has 0 aliphatic rings. The van der Waals surface area contributed by atoms with E-state index >= 15 is 0 Å². The Morgan fingerprint density at radius 1 is 1.00 bits per heavy atom. The Balaban J connectivity index is 2.41. The molecule has 0 bridgehead atoms. The highest BCUT2D eigenvalue weighted by Gasteiger charge is 1.96. The van der Waals surface area contributed by atoms with E-state index in [1.807, 2.05) is 0 Å². The van der Waals surface area contributed by atoms with Crippen LogP contribution in [0.25, 0.3) is 0 Å². The van der Waals surface area contributed by atoms with Crippen LogP contribution in [-0.4, -0.2) is 12.6 Å². The van der Waals surface area contributed by atoms with Crippen LogP contribution in [0.5, 0.6) is 0 Å². The minimum absolute atomic E-state index is 0.548. The van der Waals surface area contributed by atoms with E-state index in [9.17, 15) is 0 Å². The summed E-state index contributed by atoms with van der Waals surface area (Å²) in [7, 11) is 0. The van der Waals surface area contributed by atoms with E-state index in [4.69, 9.17) is 0 Å². The lowest BCUT2D eigenvalue weighted by atomic mass is 10.1. The molecule has 2 nitrogen and oxygen atoms in total. The molecule has 0 saturated heterocycles. The molecule has 0 atom stereocenters. The van der Waals surface area contributed by atoms with E-state index in [0.717, 1.165) is 19.6 Å². The quantitative estimate of drug-likeness (QED) is 0.746. The van der Waals surface area contributed by atoms with E-state index in [1.54, 1.807) is 0 Å². The van der Waals surface area contributed by atoms with Crippen LogP contribution in [0.1, 0.15) is 31.9 Å². The lowest BCUT2D eigenvalue weighted by Gasteiger charge is -2.08. The summed E-state index contributed by atoms with van der Waals surface area (Å²) in [4.78, 5) is 0. The molecule has 1 aromatic rings. The standard InChI is InChI=1S/C13H22N2/c1-4-14-9-12-5-7-13(8-6-12)10-15-11(2)3/h5-8,11,14-15H,4,9-10H2,1-3H3. The lowest BCUT2D eigenvalue weighted by molar-refractivity contribution is 0.588. The first-order chi connectivity index (χ1) is 7.22. The van der Waals surface area contributed by atoms with Gasteiger partial charge in [-0.1, -0.05) is 45.0 Å². The van der Waals surface area contributed by atoms with E-state index in [0.29, 0.717) is 6.04 Å². The molecular formula is C13H22N2. The molecule has 84 valence electrons. The molecule has 0 heterocycles. The fraction of sp³-hybridized carbons (Fsp3) is 0.538. The van der Waals surface area contributed by atoms with Gasteiger partial charge in [-0.25, -0.2) is 0 Å². The molecule has 15 heavy (non-hydrogen) atoms. The van der Waals surface area contributed by atoms with E-state index in [-0.39, 0.29) is 0 Å². The molecule has 0 amide bonds. The lowest BCUT2D eigenvalue weighted by Crippen LogP contribution is -2.21. The van der Waals surface area contributed by atoms with Crippen molar-refractivity contribution in [2.24, 2.45) is 0 Å². The summed E-state index contributed by atoms with van der Waals surface area (Å²) in [5, 5.41) is 6.73. The van der Waals surface area contributed by atoms with Gasteiger partial charge in [-0.15, -0.1) is 0 Å². The molecule has 0 spiro atoms. The minimum Gasteiger partial charge on any atom is -0.313 e. The Morgan fingerprint density at radius 3 is 2.00 bits per heavy atom. The van der Waals surface area contributed by atoms with Crippen LogP contribution in [0.4, 0.5) is 0 Å². The van der Waals surface area contributed by atoms with Crippen LogP contribution in [-0.2, 0) is 13.1 Å². The Labute approximate surface area is 93.1 Å². The predicted molar refractivity (Wildman–Crippen MR) is 65.8 cm³/mol. The number of hydrogen-bond acceptors (Lipinski definition) is 2.